The van der Waals surface area contributed by atoms with Gasteiger partial charge < -0.3 is 25.4 Å². The smallest absolute Gasteiger partial charge is 0.414 e. The lowest BCUT2D eigenvalue weighted by Gasteiger charge is -2.34. The third kappa shape index (κ3) is 3.16. The molecular weight excluding hydrogens is 300 g/mol. The van der Waals surface area contributed by atoms with Crippen LogP contribution in [0.15, 0.2) is 24.3 Å². The van der Waals surface area contributed by atoms with Crippen LogP contribution in [-0.2, 0) is 4.74 Å². The lowest BCUT2D eigenvalue weighted by Crippen LogP contribution is -2.48. The van der Waals surface area contributed by atoms with Crippen molar-refractivity contribution in [2.45, 2.75) is 6.10 Å². The number of amides is 2. The minimum absolute atomic E-state index is 0.258. The molecule has 23 heavy (non-hydrogen) atoms. The average Bonchev–Trinajstić information content (AvgIpc) is 2.96. The minimum atomic E-state index is -0.873. The second-order valence-corrected chi connectivity index (χ2v) is 5.63. The van der Waals surface area contributed by atoms with E-state index in [2.05, 4.69) is 4.90 Å². The van der Waals surface area contributed by atoms with E-state index in [4.69, 9.17) is 15.6 Å². The Hall–Kier alpha value is -2.48. The highest BCUT2D eigenvalue weighted by Gasteiger charge is 2.31. The van der Waals surface area contributed by atoms with Crippen LogP contribution in [0.4, 0.5) is 21.0 Å². The second-order valence-electron chi connectivity index (χ2n) is 5.63. The Morgan fingerprint density at radius 1 is 1.17 bits per heavy atom. The largest absolute Gasteiger partial charge is 0.465 e. The number of nitrogens with two attached hydrogens (primary N) is 1. The Bertz CT molecular complexity index is 584. The Morgan fingerprint density at radius 3 is 2.30 bits per heavy atom. The van der Waals surface area contributed by atoms with Crippen LogP contribution in [0, 0.1) is 0 Å². The molecule has 8 heteroatoms. The Balaban J connectivity index is 1.64. The van der Waals surface area contributed by atoms with Crippen LogP contribution in [0.2, 0.25) is 0 Å². The normalized spacial score (nSPS) is 21.5. The fourth-order valence-electron chi connectivity index (χ4n) is 2.85. The average molecular weight is 320 g/mol. The number of carbonyl (C=O) groups excluding carboxylic acids is 1. The van der Waals surface area contributed by atoms with Gasteiger partial charge in [0.1, 0.15) is 6.10 Å². The van der Waals surface area contributed by atoms with E-state index in [0.29, 0.717) is 39.3 Å². The van der Waals surface area contributed by atoms with Gasteiger partial charge in [-0.05, 0) is 24.3 Å². The first-order valence-electron chi connectivity index (χ1n) is 7.59. The lowest BCUT2D eigenvalue weighted by atomic mass is 10.2. The zero-order valence-corrected chi connectivity index (χ0v) is 12.7. The molecule has 1 unspecified atom stereocenters. The van der Waals surface area contributed by atoms with Gasteiger partial charge in [-0.1, -0.05) is 0 Å². The highest BCUT2D eigenvalue weighted by atomic mass is 16.6. The van der Waals surface area contributed by atoms with Crippen LogP contribution in [0.25, 0.3) is 0 Å². The first-order chi connectivity index (χ1) is 11.1. The van der Waals surface area contributed by atoms with E-state index in [1.165, 1.54) is 4.90 Å². The number of cyclic esters (lactones) is 1. The number of ether oxygens (including phenoxy) is 1. The third-order valence-corrected chi connectivity index (χ3v) is 4.21. The van der Waals surface area contributed by atoms with Crippen LogP contribution in [0.5, 0.6) is 0 Å². The van der Waals surface area contributed by atoms with Gasteiger partial charge in [0, 0.05) is 44.1 Å². The SMILES string of the molecule is NCC1CN(c2ccc(N3CCN(C(=O)O)CC3)cc2)C(=O)O1. The van der Waals surface area contributed by atoms with Gasteiger partial charge in [-0.25, -0.2) is 9.59 Å². The Labute approximate surface area is 134 Å². The highest BCUT2D eigenvalue weighted by Crippen LogP contribution is 2.25. The molecular formula is C15H20N4O4. The van der Waals surface area contributed by atoms with Crippen molar-refractivity contribution in [3.8, 4) is 0 Å². The number of piperazine rings is 1. The maximum absolute atomic E-state index is 11.8. The summed E-state index contributed by atoms with van der Waals surface area (Å²) in [7, 11) is 0. The van der Waals surface area contributed by atoms with Crippen molar-refractivity contribution >= 4 is 23.6 Å². The van der Waals surface area contributed by atoms with Crippen molar-refractivity contribution in [2.75, 3.05) is 49.1 Å². The molecule has 2 aliphatic heterocycles. The predicted molar refractivity (Wildman–Crippen MR) is 84.9 cm³/mol. The quantitative estimate of drug-likeness (QED) is 0.853. The van der Waals surface area contributed by atoms with Crippen LogP contribution in [0.3, 0.4) is 0 Å². The first kappa shape index (κ1) is 15.4. The van der Waals surface area contributed by atoms with Crippen molar-refractivity contribution in [3.63, 3.8) is 0 Å². The summed E-state index contributed by atoms with van der Waals surface area (Å²) in [6, 6.07) is 7.63. The second kappa shape index (κ2) is 6.33. The summed E-state index contributed by atoms with van der Waals surface area (Å²) < 4.78 is 5.15. The van der Waals surface area contributed by atoms with E-state index in [-0.39, 0.29) is 12.2 Å². The molecule has 124 valence electrons. The van der Waals surface area contributed by atoms with Crippen molar-refractivity contribution < 1.29 is 19.4 Å². The number of carbonyl (C=O) groups is 2. The summed E-state index contributed by atoms with van der Waals surface area (Å²) >= 11 is 0. The van der Waals surface area contributed by atoms with Crippen molar-refractivity contribution in [2.24, 2.45) is 5.73 Å². The number of rotatable bonds is 3. The molecule has 3 N–H and O–H groups in total. The van der Waals surface area contributed by atoms with Gasteiger partial charge >= 0.3 is 12.2 Å². The molecule has 0 aromatic heterocycles. The van der Waals surface area contributed by atoms with Gasteiger partial charge in [-0.15, -0.1) is 0 Å². The lowest BCUT2D eigenvalue weighted by molar-refractivity contribution is 0.142. The fourth-order valence-corrected chi connectivity index (χ4v) is 2.85. The number of nitrogens with zero attached hydrogens (tertiary/aromatic N) is 3. The molecule has 2 aliphatic rings. The zero-order chi connectivity index (χ0) is 16.4. The molecule has 8 nitrogen and oxygen atoms in total. The third-order valence-electron chi connectivity index (χ3n) is 4.21. The van der Waals surface area contributed by atoms with Gasteiger partial charge in [0.15, 0.2) is 0 Å². The van der Waals surface area contributed by atoms with Crippen molar-refractivity contribution in [1.29, 1.82) is 0 Å². The van der Waals surface area contributed by atoms with E-state index in [1.54, 1.807) is 4.90 Å². The monoisotopic (exact) mass is 320 g/mol. The van der Waals surface area contributed by atoms with Gasteiger partial charge in [-0.2, -0.15) is 0 Å². The van der Waals surface area contributed by atoms with E-state index in [0.717, 1.165) is 11.4 Å². The molecule has 2 amide bonds. The number of carboxylic acid groups (broad SMARTS) is 1. The summed E-state index contributed by atoms with van der Waals surface area (Å²) in [5, 5.41) is 8.97. The molecule has 1 atom stereocenters. The first-order valence-corrected chi connectivity index (χ1v) is 7.59. The van der Waals surface area contributed by atoms with Crippen LogP contribution >= 0.6 is 0 Å². The predicted octanol–water partition coefficient (Wildman–Crippen LogP) is 0.770. The zero-order valence-electron chi connectivity index (χ0n) is 12.7. The Morgan fingerprint density at radius 2 is 1.78 bits per heavy atom. The topological polar surface area (TPSA) is 99.3 Å². The molecule has 2 fully saturated rings. The molecule has 1 aromatic carbocycles. The fraction of sp³-hybridized carbons (Fsp3) is 0.467. The molecule has 1 aromatic rings. The van der Waals surface area contributed by atoms with Gasteiger partial charge in [0.2, 0.25) is 0 Å². The van der Waals surface area contributed by atoms with E-state index >= 15 is 0 Å². The van der Waals surface area contributed by atoms with Crippen LogP contribution in [0.1, 0.15) is 0 Å². The van der Waals surface area contributed by atoms with Gasteiger partial charge in [0.05, 0.1) is 6.54 Å². The molecule has 2 saturated heterocycles. The van der Waals surface area contributed by atoms with Crippen molar-refractivity contribution in [1.82, 2.24) is 4.90 Å². The highest BCUT2D eigenvalue weighted by molar-refractivity contribution is 5.90. The van der Waals surface area contributed by atoms with E-state index in [1.807, 2.05) is 24.3 Å². The van der Waals surface area contributed by atoms with Gasteiger partial charge in [-0.3, -0.25) is 4.90 Å². The molecule has 2 heterocycles. The summed E-state index contributed by atoms with van der Waals surface area (Å²) in [6.45, 7) is 3.08. The Kier molecular flexibility index (Phi) is 4.24. The van der Waals surface area contributed by atoms with Gasteiger partial charge in [0.25, 0.3) is 0 Å². The maximum Gasteiger partial charge on any atom is 0.414 e. The number of anilines is 2. The van der Waals surface area contributed by atoms with E-state index < -0.39 is 6.09 Å². The molecule has 0 spiro atoms. The standard InChI is InChI=1S/C15H20N4O4/c16-9-13-10-19(15(22)23-13)12-3-1-11(2-4-12)17-5-7-18(8-6-17)14(20)21/h1-4,13H,5-10,16H2,(H,20,21). The molecule has 0 radical (unpaired) electrons. The molecule has 0 aliphatic carbocycles. The number of hydrogen-bond donors (Lipinski definition) is 2. The molecule has 0 saturated carbocycles. The van der Waals surface area contributed by atoms with Crippen LogP contribution in [-0.4, -0.2) is 67.6 Å². The number of benzene rings is 1. The van der Waals surface area contributed by atoms with Crippen LogP contribution < -0.4 is 15.5 Å². The van der Waals surface area contributed by atoms with Crippen molar-refractivity contribution in [3.05, 3.63) is 24.3 Å². The summed E-state index contributed by atoms with van der Waals surface area (Å²) in [5.74, 6) is 0. The van der Waals surface area contributed by atoms with E-state index in [9.17, 15) is 9.59 Å². The summed E-state index contributed by atoms with van der Waals surface area (Å²) in [5.41, 5.74) is 7.33. The number of hydrogen-bond acceptors (Lipinski definition) is 5. The summed E-state index contributed by atoms with van der Waals surface area (Å²) in [4.78, 5) is 27.8. The molecule has 3 rings (SSSR count). The maximum atomic E-state index is 11.8. The minimum Gasteiger partial charge on any atom is -0.465 e. The summed E-state index contributed by atoms with van der Waals surface area (Å²) in [6.07, 6.45) is -1.50. The molecule has 0 bridgehead atoms.